The van der Waals surface area contributed by atoms with Crippen molar-refractivity contribution in [2.24, 2.45) is 0 Å². The lowest BCUT2D eigenvalue weighted by atomic mass is 10.1. The van der Waals surface area contributed by atoms with Crippen molar-refractivity contribution >= 4 is 27.3 Å². The second kappa shape index (κ2) is 9.32. The van der Waals surface area contributed by atoms with E-state index in [-0.39, 0.29) is 11.7 Å². The van der Waals surface area contributed by atoms with Crippen molar-refractivity contribution < 1.29 is 13.2 Å². The van der Waals surface area contributed by atoms with Crippen molar-refractivity contribution in [2.45, 2.75) is 5.75 Å². The molecule has 1 saturated heterocycles. The number of nitrogens with one attached hydrogen (secondary N) is 1. The summed E-state index contributed by atoms with van der Waals surface area (Å²) in [6.07, 6.45) is 0. The van der Waals surface area contributed by atoms with Gasteiger partial charge in [0.2, 0.25) is 10.0 Å². The fourth-order valence-corrected chi connectivity index (χ4v) is 5.19. The number of rotatable bonds is 6. The van der Waals surface area contributed by atoms with Gasteiger partial charge in [-0.3, -0.25) is 4.79 Å². The van der Waals surface area contributed by atoms with Crippen LogP contribution < -0.4 is 5.32 Å². The standard InChI is InChI=1S/C24H25N3O3S/c28-24(22-13-7-8-14-23(22)25-21-11-5-2-6-12-21)26-15-17-27(18-16-26)31(29,30)19-20-9-3-1-4-10-20/h1-14,25H,15-19H2. The molecule has 1 aliphatic heterocycles. The van der Waals surface area contributed by atoms with Gasteiger partial charge in [0, 0.05) is 31.9 Å². The van der Waals surface area contributed by atoms with Crippen LogP contribution in [0.15, 0.2) is 84.9 Å². The maximum atomic E-state index is 13.2. The molecule has 0 saturated carbocycles. The average molecular weight is 436 g/mol. The summed E-state index contributed by atoms with van der Waals surface area (Å²) in [4.78, 5) is 14.9. The molecule has 1 amide bonds. The first kappa shape index (κ1) is 21.1. The molecule has 0 aromatic heterocycles. The fourth-order valence-electron chi connectivity index (χ4n) is 3.67. The van der Waals surface area contributed by atoms with Crippen molar-refractivity contribution in [2.75, 3.05) is 31.5 Å². The molecule has 31 heavy (non-hydrogen) atoms. The van der Waals surface area contributed by atoms with Crippen molar-refractivity contribution in [1.29, 1.82) is 0 Å². The zero-order valence-electron chi connectivity index (χ0n) is 17.1. The molecular formula is C24H25N3O3S. The normalized spacial score (nSPS) is 14.9. The van der Waals surface area contributed by atoms with Crippen molar-refractivity contribution in [3.05, 3.63) is 96.1 Å². The third-order valence-electron chi connectivity index (χ3n) is 5.32. The number of benzene rings is 3. The minimum atomic E-state index is -3.42. The summed E-state index contributed by atoms with van der Waals surface area (Å²) < 4.78 is 27.0. The number of anilines is 2. The minimum Gasteiger partial charge on any atom is -0.355 e. The Bertz CT molecular complexity index is 1130. The van der Waals surface area contributed by atoms with Crippen LogP contribution >= 0.6 is 0 Å². The smallest absolute Gasteiger partial charge is 0.256 e. The third kappa shape index (κ3) is 5.13. The quantitative estimate of drug-likeness (QED) is 0.641. The van der Waals surface area contributed by atoms with Crippen LogP contribution in [0.4, 0.5) is 11.4 Å². The number of piperazine rings is 1. The summed E-state index contributed by atoms with van der Waals surface area (Å²) in [5.74, 6) is -0.120. The first-order chi connectivity index (χ1) is 15.0. The molecule has 1 aliphatic rings. The van der Waals surface area contributed by atoms with E-state index in [1.807, 2.05) is 78.9 Å². The SMILES string of the molecule is O=C(c1ccccc1Nc1ccccc1)N1CCN(S(=O)(=O)Cc2ccccc2)CC1. The molecule has 7 heteroatoms. The molecule has 0 spiro atoms. The highest BCUT2D eigenvalue weighted by Crippen LogP contribution is 2.23. The van der Waals surface area contributed by atoms with E-state index in [4.69, 9.17) is 0 Å². The van der Waals surface area contributed by atoms with Gasteiger partial charge in [0.15, 0.2) is 0 Å². The van der Waals surface area contributed by atoms with Crippen LogP contribution in [-0.2, 0) is 15.8 Å². The summed E-state index contributed by atoms with van der Waals surface area (Å²) >= 11 is 0. The van der Waals surface area contributed by atoms with E-state index in [2.05, 4.69) is 5.32 Å². The Morgan fingerprint density at radius 2 is 1.35 bits per heavy atom. The highest BCUT2D eigenvalue weighted by molar-refractivity contribution is 7.88. The Morgan fingerprint density at radius 3 is 2.03 bits per heavy atom. The number of para-hydroxylation sites is 2. The molecule has 0 bridgehead atoms. The van der Waals surface area contributed by atoms with E-state index in [0.29, 0.717) is 31.7 Å². The first-order valence-corrected chi connectivity index (χ1v) is 11.9. The number of nitrogens with zero attached hydrogens (tertiary/aromatic N) is 2. The maximum Gasteiger partial charge on any atom is 0.256 e. The topological polar surface area (TPSA) is 69.7 Å². The molecule has 6 nitrogen and oxygen atoms in total. The molecule has 0 aliphatic carbocycles. The highest BCUT2D eigenvalue weighted by Gasteiger charge is 2.30. The van der Waals surface area contributed by atoms with Gasteiger partial charge in [-0.25, -0.2) is 8.42 Å². The van der Waals surface area contributed by atoms with Crippen molar-refractivity contribution in [3.8, 4) is 0 Å². The zero-order valence-corrected chi connectivity index (χ0v) is 18.0. The lowest BCUT2D eigenvalue weighted by Gasteiger charge is -2.34. The predicted molar refractivity (Wildman–Crippen MR) is 123 cm³/mol. The minimum absolute atomic E-state index is 0.0222. The van der Waals surface area contributed by atoms with Crippen molar-refractivity contribution in [3.63, 3.8) is 0 Å². The van der Waals surface area contributed by atoms with Crippen LogP contribution in [0.3, 0.4) is 0 Å². The van der Waals surface area contributed by atoms with Crippen LogP contribution in [0.5, 0.6) is 0 Å². The van der Waals surface area contributed by atoms with Crippen LogP contribution in [0.1, 0.15) is 15.9 Å². The van der Waals surface area contributed by atoms with E-state index in [1.165, 1.54) is 4.31 Å². The van der Waals surface area contributed by atoms with Gasteiger partial charge in [-0.15, -0.1) is 0 Å². The second-order valence-corrected chi connectivity index (χ2v) is 9.44. The Morgan fingerprint density at radius 1 is 0.774 bits per heavy atom. The second-order valence-electron chi connectivity index (χ2n) is 7.47. The van der Waals surface area contributed by atoms with E-state index in [0.717, 1.165) is 16.9 Å². The summed E-state index contributed by atoms with van der Waals surface area (Å²) in [6, 6.07) is 26.2. The molecule has 1 fully saturated rings. The van der Waals surface area contributed by atoms with Gasteiger partial charge >= 0.3 is 0 Å². The van der Waals surface area contributed by atoms with Gasteiger partial charge in [-0.1, -0.05) is 60.7 Å². The van der Waals surface area contributed by atoms with Gasteiger partial charge < -0.3 is 10.2 Å². The summed E-state index contributed by atoms with van der Waals surface area (Å²) in [7, 11) is -3.42. The Labute approximate surface area is 183 Å². The van der Waals surface area contributed by atoms with Gasteiger partial charge in [0.05, 0.1) is 17.0 Å². The van der Waals surface area contributed by atoms with Crippen LogP contribution in [0.2, 0.25) is 0 Å². The lowest BCUT2D eigenvalue weighted by Crippen LogP contribution is -2.50. The van der Waals surface area contributed by atoms with E-state index >= 15 is 0 Å². The fraction of sp³-hybridized carbons (Fsp3) is 0.208. The molecule has 4 rings (SSSR count). The maximum absolute atomic E-state index is 13.2. The molecule has 0 atom stereocenters. The molecule has 0 radical (unpaired) electrons. The Hall–Kier alpha value is -3.16. The van der Waals surface area contributed by atoms with E-state index in [1.54, 1.807) is 11.0 Å². The summed E-state index contributed by atoms with van der Waals surface area (Å²) in [5, 5.41) is 3.30. The largest absolute Gasteiger partial charge is 0.355 e. The number of hydrogen-bond acceptors (Lipinski definition) is 4. The first-order valence-electron chi connectivity index (χ1n) is 10.2. The molecule has 3 aromatic carbocycles. The molecule has 3 aromatic rings. The van der Waals surface area contributed by atoms with E-state index < -0.39 is 10.0 Å². The average Bonchev–Trinajstić information content (AvgIpc) is 2.80. The molecule has 1 N–H and O–H groups in total. The third-order valence-corrected chi connectivity index (χ3v) is 7.17. The number of sulfonamides is 1. The Balaban J connectivity index is 1.42. The molecule has 160 valence electrons. The molecule has 1 heterocycles. The molecule has 0 unspecified atom stereocenters. The lowest BCUT2D eigenvalue weighted by molar-refractivity contribution is 0.0699. The summed E-state index contributed by atoms with van der Waals surface area (Å²) in [6.45, 7) is 1.34. The number of amides is 1. The van der Waals surface area contributed by atoms with E-state index in [9.17, 15) is 13.2 Å². The Kier molecular flexibility index (Phi) is 6.34. The highest BCUT2D eigenvalue weighted by atomic mass is 32.2. The summed E-state index contributed by atoms with van der Waals surface area (Å²) in [5.41, 5.74) is 2.98. The molecular weight excluding hydrogens is 410 g/mol. The van der Waals surface area contributed by atoms with Crippen LogP contribution in [-0.4, -0.2) is 49.7 Å². The number of hydrogen-bond donors (Lipinski definition) is 1. The zero-order chi connectivity index (χ0) is 21.7. The number of carbonyl (C=O) groups excluding carboxylic acids is 1. The van der Waals surface area contributed by atoms with Crippen LogP contribution in [0, 0.1) is 0 Å². The van der Waals surface area contributed by atoms with Crippen molar-refractivity contribution in [1.82, 2.24) is 9.21 Å². The van der Waals surface area contributed by atoms with Gasteiger partial charge in [-0.2, -0.15) is 4.31 Å². The van der Waals surface area contributed by atoms with Crippen LogP contribution in [0.25, 0.3) is 0 Å². The van der Waals surface area contributed by atoms with Gasteiger partial charge in [0.25, 0.3) is 5.91 Å². The van der Waals surface area contributed by atoms with Gasteiger partial charge in [-0.05, 0) is 29.8 Å². The van der Waals surface area contributed by atoms with Gasteiger partial charge in [0.1, 0.15) is 0 Å². The predicted octanol–water partition coefficient (Wildman–Crippen LogP) is 3.72. The monoisotopic (exact) mass is 435 g/mol. The number of carbonyl (C=O) groups is 1.